The zero-order chi connectivity index (χ0) is 18.4. The van der Waals surface area contributed by atoms with E-state index < -0.39 is 23.9 Å². The second-order valence-electron chi connectivity index (χ2n) is 6.30. The molecule has 1 amide bonds. The lowest BCUT2D eigenvalue weighted by Crippen LogP contribution is -2.36. The largest absolute Gasteiger partial charge is 0.394 e. The third-order valence-corrected chi connectivity index (χ3v) is 4.09. The Morgan fingerprint density at radius 3 is 2.52 bits per heavy atom. The Hall–Kier alpha value is -2.35. The molecule has 1 N–H and O–H groups in total. The number of nitrogens with one attached hydrogen (secondary N) is 1. The minimum atomic E-state index is -4.49. The fourth-order valence-electron chi connectivity index (χ4n) is 2.26. The number of hydrogen-bond donors (Lipinski definition) is 1. The summed E-state index contributed by atoms with van der Waals surface area (Å²) in [6, 6.07) is 3.17. The van der Waals surface area contributed by atoms with E-state index in [-0.39, 0.29) is 11.1 Å². The van der Waals surface area contributed by atoms with Crippen LogP contribution in [0.5, 0.6) is 0 Å². The molecule has 1 aliphatic rings. The first-order valence-electron chi connectivity index (χ1n) is 7.39. The number of carbonyl (C=O) groups excluding carboxylic acids is 1. The number of carbonyl (C=O) groups is 1. The van der Waals surface area contributed by atoms with Crippen molar-refractivity contribution in [1.82, 2.24) is 14.5 Å². The Morgan fingerprint density at radius 2 is 1.96 bits per heavy atom. The molecule has 0 aromatic carbocycles. The highest BCUT2D eigenvalue weighted by atomic mass is 35.5. The molecule has 1 aliphatic carbocycles. The van der Waals surface area contributed by atoms with Gasteiger partial charge in [-0.25, -0.2) is 9.97 Å². The van der Waals surface area contributed by atoms with Gasteiger partial charge < -0.3 is 0 Å². The highest BCUT2D eigenvalue weighted by Gasteiger charge is 2.48. The second kappa shape index (κ2) is 5.87. The second-order valence-corrected chi connectivity index (χ2v) is 6.69. The molecule has 0 unspecified atom stereocenters. The van der Waals surface area contributed by atoms with Crippen LogP contribution in [0, 0.1) is 5.41 Å². The minimum absolute atomic E-state index is 0.100. The number of alkyl halides is 3. The van der Waals surface area contributed by atoms with Crippen LogP contribution in [0.15, 0.2) is 30.4 Å². The SMILES string of the molecule is CC(C)(CC(=O)Nc1nc2ccc(Cl)nc2n1C1=CC=C1)C(F)(F)F. The molecule has 0 radical (unpaired) electrons. The first-order valence-corrected chi connectivity index (χ1v) is 7.77. The van der Waals surface area contributed by atoms with Crippen LogP contribution in [-0.2, 0) is 4.79 Å². The quantitative estimate of drug-likeness (QED) is 0.811. The normalized spacial score (nSPS) is 14.4. The Bertz CT molecular complexity index is 912. The first kappa shape index (κ1) is 17.5. The number of halogens is 4. The molecule has 0 saturated carbocycles. The van der Waals surface area contributed by atoms with E-state index in [1.54, 1.807) is 34.9 Å². The van der Waals surface area contributed by atoms with Crippen LogP contribution in [0.4, 0.5) is 19.1 Å². The molecule has 0 fully saturated rings. The summed E-state index contributed by atoms with van der Waals surface area (Å²) in [6.45, 7) is 1.96. The zero-order valence-corrected chi connectivity index (χ0v) is 14.1. The number of imidazole rings is 1. The Morgan fingerprint density at radius 1 is 1.28 bits per heavy atom. The van der Waals surface area contributed by atoms with Gasteiger partial charge in [0.15, 0.2) is 5.65 Å². The molecule has 2 aromatic heterocycles. The van der Waals surface area contributed by atoms with Crippen molar-refractivity contribution in [1.29, 1.82) is 0 Å². The monoisotopic (exact) mass is 370 g/mol. The maximum Gasteiger partial charge on any atom is 0.394 e. The number of hydrogen-bond acceptors (Lipinski definition) is 3. The molecular weight excluding hydrogens is 357 g/mol. The molecule has 0 saturated heterocycles. The van der Waals surface area contributed by atoms with Crippen molar-refractivity contribution in [3.8, 4) is 0 Å². The van der Waals surface area contributed by atoms with Crippen LogP contribution in [0.2, 0.25) is 5.15 Å². The van der Waals surface area contributed by atoms with E-state index in [1.807, 2.05) is 0 Å². The standard InChI is InChI=1S/C16H14ClF3N4O/c1-15(2,16(18,19)20)8-12(25)23-14-21-10-6-7-11(17)22-13(10)24(14)9-4-3-5-9/h3-7H,8H2,1-2H3,(H,21,23,25). The summed E-state index contributed by atoms with van der Waals surface area (Å²) in [5.74, 6) is -0.683. The Kier molecular flexibility index (Phi) is 4.10. The average Bonchev–Trinajstić information content (AvgIpc) is 2.73. The molecule has 5 nitrogen and oxygen atoms in total. The van der Waals surface area contributed by atoms with Crippen molar-refractivity contribution < 1.29 is 18.0 Å². The number of aromatic nitrogens is 3. The average molecular weight is 371 g/mol. The van der Waals surface area contributed by atoms with Gasteiger partial charge >= 0.3 is 6.18 Å². The smallest absolute Gasteiger partial charge is 0.296 e. The predicted octanol–water partition coefficient (Wildman–Crippen LogP) is 4.41. The van der Waals surface area contributed by atoms with E-state index in [2.05, 4.69) is 15.3 Å². The maximum atomic E-state index is 13.0. The van der Waals surface area contributed by atoms with Gasteiger partial charge in [-0.15, -0.1) is 0 Å². The molecule has 0 spiro atoms. The van der Waals surface area contributed by atoms with E-state index in [1.165, 1.54) is 0 Å². The number of nitrogens with zero attached hydrogens (tertiary/aromatic N) is 3. The Labute approximate surface area is 146 Å². The van der Waals surface area contributed by atoms with Crippen molar-refractivity contribution in [3.05, 3.63) is 35.5 Å². The Balaban J connectivity index is 1.92. The maximum absolute atomic E-state index is 13.0. The number of rotatable bonds is 4. The fraction of sp³-hybridized carbons (Fsp3) is 0.312. The van der Waals surface area contributed by atoms with E-state index >= 15 is 0 Å². The summed E-state index contributed by atoms with van der Waals surface area (Å²) < 4.78 is 40.5. The summed E-state index contributed by atoms with van der Waals surface area (Å²) in [6.07, 6.45) is 0.101. The highest BCUT2D eigenvalue weighted by molar-refractivity contribution is 6.29. The summed E-state index contributed by atoms with van der Waals surface area (Å²) in [4.78, 5) is 20.6. The molecule has 0 aliphatic heterocycles. The predicted molar refractivity (Wildman–Crippen MR) is 89.0 cm³/mol. The molecular formula is C16H14ClF3N4O. The van der Waals surface area contributed by atoms with Crippen LogP contribution < -0.4 is 5.32 Å². The van der Waals surface area contributed by atoms with Gasteiger partial charge in [-0.2, -0.15) is 13.2 Å². The summed E-state index contributed by atoms with van der Waals surface area (Å²) in [5.41, 5.74) is -0.572. The molecule has 25 heavy (non-hydrogen) atoms. The number of anilines is 1. The fourth-order valence-corrected chi connectivity index (χ4v) is 2.41. The molecule has 0 atom stereocenters. The van der Waals surface area contributed by atoms with Crippen molar-refractivity contribution in [2.45, 2.75) is 26.4 Å². The van der Waals surface area contributed by atoms with Gasteiger partial charge in [0.25, 0.3) is 0 Å². The molecule has 132 valence electrons. The summed E-state index contributed by atoms with van der Waals surface area (Å²) in [5, 5.41) is 2.70. The van der Waals surface area contributed by atoms with Crippen LogP contribution in [0.25, 0.3) is 16.9 Å². The zero-order valence-electron chi connectivity index (χ0n) is 13.4. The highest BCUT2D eigenvalue weighted by Crippen LogP contribution is 2.40. The van der Waals surface area contributed by atoms with Crippen LogP contribution in [0.1, 0.15) is 20.3 Å². The lowest BCUT2D eigenvalue weighted by atomic mass is 9.88. The van der Waals surface area contributed by atoms with Crippen molar-refractivity contribution in [3.63, 3.8) is 0 Å². The molecule has 9 heteroatoms. The number of allylic oxidation sites excluding steroid dienone is 4. The van der Waals surface area contributed by atoms with Gasteiger partial charge in [0, 0.05) is 6.42 Å². The lowest BCUT2D eigenvalue weighted by Gasteiger charge is -2.26. The van der Waals surface area contributed by atoms with Gasteiger partial charge in [0.05, 0.1) is 11.1 Å². The summed E-state index contributed by atoms with van der Waals surface area (Å²) in [7, 11) is 0. The third-order valence-electron chi connectivity index (χ3n) is 3.88. The summed E-state index contributed by atoms with van der Waals surface area (Å²) >= 11 is 5.91. The van der Waals surface area contributed by atoms with Crippen LogP contribution in [0.3, 0.4) is 0 Å². The van der Waals surface area contributed by atoms with Crippen molar-refractivity contribution in [2.24, 2.45) is 5.41 Å². The lowest BCUT2D eigenvalue weighted by molar-refractivity contribution is -0.213. The van der Waals surface area contributed by atoms with E-state index in [9.17, 15) is 18.0 Å². The van der Waals surface area contributed by atoms with Crippen molar-refractivity contribution in [2.75, 3.05) is 5.32 Å². The van der Waals surface area contributed by atoms with Gasteiger partial charge in [0.2, 0.25) is 11.9 Å². The van der Waals surface area contributed by atoms with Gasteiger partial charge in [-0.1, -0.05) is 31.5 Å². The molecule has 3 rings (SSSR count). The van der Waals surface area contributed by atoms with E-state index in [0.29, 0.717) is 16.9 Å². The van der Waals surface area contributed by atoms with Crippen molar-refractivity contribution >= 4 is 40.3 Å². The van der Waals surface area contributed by atoms with E-state index in [4.69, 9.17) is 11.6 Å². The number of fused-ring (bicyclic) bond motifs is 1. The molecule has 2 aromatic rings. The van der Waals surface area contributed by atoms with E-state index in [0.717, 1.165) is 13.8 Å². The minimum Gasteiger partial charge on any atom is -0.296 e. The van der Waals surface area contributed by atoms with Gasteiger partial charge in [-0.3, -0.25) is 14.7 Å². The van der Waals surface area contributed by atoms with Gasteiger partial charge in [0.1, 0.15) is 10.7 Å². The first-order chi connectivity index (χ1) is 11.6. The number of pyridine rings is 1. The molecule has 2 heterocycles. The van der Waals surface area contributed by atoms with Gasteiger partial charge in [-0.05, 0) is 24.3 Å². The number of amides is 1. The topological polar surface area (TPSA) is 59.8 Å². The van der Waals surface area contributed by atoms with Crippen LogP contribution in [-0.4, -0.2) is 26.6 Å². The molecule has 0 bridgehead atoms. The van der Waals surface area contributed by atoms with Crippen LogP contribution >= 0.6 is 11.6 Å². The third kappa shape index (κ3) is 3.26.